The molecule has 0 spiro atoms. The zero-order valence-electron chi connectivity index (χ0n) is 27.3. The molecule has 2 heterocycles. The van der Waals surface area contributed by atoms with Crippen LogP contribution in [0.15, 0.2) is 18.2 Å². The maximum Gasteiger partial charge on any atom is 0.338 e. The first kappa shape index (κ1) is 36.5. The van der Waals surface area contributed by atoms with E-state index in [1.165, 1.54) is 81.9 Å². The van der Waals surface area contributed by atoms with Crippen molar-refractivity contribution in [1.82, 2.24) is 9.80 Å². The predicted molar refractivity (Wildman–Crippen MR) is 173 cm³/mol. The summed E-state index contributed by atoms with van der Waals surface area (Å²) in [6.07, 6.45) is 13.6. The maximum absolute atomic E-state index is 13.8. The SMILES string of the molecule is CCCCCCCCCCCCOC(=O)c1ccc(Cl)c(NC(=O)C(C(=O)C(C)(C)OCC)N2C(=O)C3CCCCN3C2=O)c1. The molecule has 4 amide bonds. The Balaban J connectivity index is 1.65. The van der Waals surface area contributed by atoms with Crippen molar-refractivity contribution in [2.24, 2.45) is 0 Å². The van der Waals surface area contributed by atoms with Gasteiger partial charge in [-0.25, -0.2) is 14.5 Å². The lowest BCUT2D eigenvalue weighted by molar-refractivity contribution is -0.151. The van der Waals surface area contributed by atoms with Gasteiger partial charge < -0.3 is 19.7 Å². The third-order valence-corrected chi connectivity index (χ3v) is 8.85. The maximum atomic E-state index is 13.8. The minimum Gasteiger partial charge on any atom is -0.462 e. The number of piperidine rings is 1. The minimum atomic E-state index is -1.79. The molecule has 250 valence electrons. The number of hydrogen-bond donors (Lipinski definition) is 1. The monoisotopic (exact) mass is 647 g/mol. The molecule has 2 aliphatic heterocycles. The summed E-state index contributed by atoms with van der Waals surface area (Å²) in [5.74, 6) is -2.82. The average molecular weight is 648 g/mol. The van der Waals surface area contributed by atoms with Gasteiger partial charge in [-0.15, -0.1) is 0 Å². The summed E-state index contributed by atoms with van der Waals surface area (Å²) in [5, 5.41) is 2.70. The first-order valence-electron chi connectivity index (χ1n) is 16.6. The van der Waals surface area contributed by atoms with Gasteiger partial charge >= 0.3 is 12.0 Å². The largest absolute Gasteiger partial charge is 0.462 e. The van der Waals surface area contributed by atoms with E-state index in [9.17, 15) is 24.0 Å². The second kappa shape index (κ2) is 17.6. The van der Waals surface area contributed by atoms with Crippen molar-refractivity contribution in [2.75, 3.05) is 25.1 Å². The Labute approximate surface area is 272 Å². The van der Waals surface area contributed by atoms with E-state index < -0.39 is 47.3 Å². The summed E-state index contributed by atoms with van der Waals surface area (Å²) < 4.78 is 11.1. The smallest absolute Gasteiger partial charge is 0.338 e. The molecule has 2 fully saturated rings. The number of ketones is 1. The summed E-state index contributed by atoms with van der Waals surface area (Å²) in [7, 11) is 0. The van der Waals surface area contributed by atoms with E-state index in [1.807, 2.05) is 0 Å². The highest BCUT2D eigenvalue weighted by molar-refractivity contribution is 6.34. The van der Waals surface area contributed by atoms with Gasteiger partial charge in [0.2, 0.25) is 0 Å². The molecule has 1 aromatic carbocycles. The van der Waals surface area contributed by atoms with E-state index in [4.69, 9.17) is 21.1 Å². The van der Waals surface area contributed by atoms with Crippen LogP contribution in [0.5, 0.6) is 0 Å². The molecule has 0 aromatic heterocycles. The summed E-state index contributed by atoms with van der Waals surface area (Å²) in [6.45, 7) is 7.74. The number of unbranched alkanes of at least 4 members (excludes halogenated alkanes) is 9. The van der Waals surface area contributed by atoms with Gasteiger partial charge in [0.05, 0.1) is 22.9 Å². The summed E-state index contributed by atoms with van der Waals surface area (Å²) in [4.78, 5) is 69.3. The summed E-state index contributed by atoms with van der Waals surface area (Å²) >= 11 is 6.38. The van der Waals surface area contributed by atoms with Crippen LogP contribution >= 0.6 is 11.6 Å². The summed E-state index contributed by atoms with van der Waals surface area (Å²) in [5.41, 5.74) is -1.24. The van der Waals surface area contributed by atoms with Crippen LogP contribution in [0.3, 0.4) is 0 Å². The topological polar surface area (TPSA) is 122 Å². The number of carbonyl (C=O) groups excluding carboxylic acids is 5. The van der Waals surface area contributed by atoms with Gasteiger partial charge in [-0.05, 0) is 64.7 Å². The second-order valence-electron chi connectivity index (χ2n) is 12.4. The first-order valence-corrected chi connectivity index (χ1v) is 17.0. The van der Waals surface area contributed by atoms with E-state index in [0.29, 0.717) is 13.0 Å². The normalized spacial score (nSPS) is 17.3. The molecule has 10 nitrogen and oxygen atoms in total. The van der Waals surface area contributed by atoms with E-state index in [1.54, 1.807) is 6.92 Å². The van der Waals surface area contributed by atoms with Crippen molar-refractivity contribution in [3.63, 3.8) is 0 Å². The average Bonchev–Trinajstić information content (AvgIpc) is 3.26. The molecule has 11 heteroatoms. The lowest BCUT2D eigenvalue weighted by Crippen LogP contribution is -2.58. The number of benzene rings is 1. The van der Waals surface area contributed by atoms with Gasteiger partial charge in [0.1, 0.15) is 11.6 Å². The first-order chi connectivity index (χ1) is 21.5. The summed E-state index contributed by atoms with van der Waals surface area (Å²) in [6, 6.07) is 1.13. The Morgan fingerprint density at radius 2 is 1.62 bits per heavy atom. The van der Waals surface area contributed by atoms with E-state index in [-0.39, 0.29) is 29.5 Å². The van der Waals surface area contributed by atoms with Crippen LogP contribution in [0.1, 0.15) is 122 Å². The van der Waals surface area contributed by atoms with Crippen LogP contribution in [0, 0.1) is 0 Å². The number of nitrogens with one attached hydrogen (secondary N) is 1. The number of amides is 4. The van der Waals surface area contributed by atoms with Crippen molar-refractivity contribution in [2.45, 2.75) is 129 Å². The number of esters is 1. The molecule has 0 aliphatic carbocycles. The lowest BCUT2D eigenvalue weighted by atomic mass is 9.94. The molecule has 0 bridgehead atoms. The molecule has 3 rings (SSSR count). The lowest BCUT2D eigenvalue weighted by Gasteiger charge is -2.31. The number of urea groups is 1. The Bertz CT molecular complexity index is 1180. The van der Waals surface area contributed by atoms with Crippen LogP contribution in [0.4, 0.5) is 10.5 Å². The minimum absolute atomic E-state index is 0.0545. The number of ether oxygens (including phenoxy) is 2. The number of carbonyl (C=O) groups is 5. The van der Waals surface area contributed by atoms with E-state index in [2.05, 4.69) is 12.2 Å². The third kappa shape index (κ3) is 9.75. The fourth-order valence-electron chi connectivity index (χ4n) is 5.95. The quantitative estimate of drug-likeness (QED) is 0.0748. The highest BCUT2D eigenvalue weighted by atomic mass is 35.5. The Hall–Kier alpha value is -2.98. The number of rotatable bonds is 19. The van der Waals surface area contributed by atoms with Crippen LogP contribution < -0.4 is 5.32 Å². The molecule has 2 aliphatic rings. The third-order valence-electron chi connectivity index (χ3n) is 8.52. The Kier molecular flexibility index (Phi) is 14.3. The molecule has 0 saturated carbocycles. The number of hydrogen-bond acceptors (Lipinski definition) is 7. The highest BCUT2D eigenvalue weighted by Crippen LogP contribution is 2.31. The number of imide groups is 1. The molecular formula is C34H50ClN3O7. The molecule has 0 radical (unpaired) electrons. The van der Waals surface area contributed by atoms with Gasteiger partial charge in [0.25, 0.3) is 11.8 Å². The van der Waals surface area contributed by atoms with Crippen molar-refractivity contribution < 1.29 is 33.4 Å². The number of anilines is 1. The van der Waals surface area contributed by atoms with E-state index in [0.717, 1.165) is 37.0 Å². The molecule has 1 aromatic rings. The Morgan fingerprint density at radius 3 is 2.24 bits per heavy atom. The fraction of sp³-hybridized carbons (Fsp3) is 0.676. The van der Waals surface area contributed by atoms with Gasteiger partial charge in [0.15, 0.2) is 11.8 Å². The van der Waals surface area contributed by atoms with Crippen LogP contribution in [-0.4, -0.2) is 76.8 Å². The molecule has 45 heavy (non-hydrogen) atoms. The Morgan fingerprint density at radius 1 is 0.978 bits per heavy atom. The van der Waals surface area contributed by atoms with Crippen LogP contribution in [-0.2, 0) is 23.9 Å². The number of Topliss-reactive ketones (excluding diaryl/α,β-unsaturated/α-hetero) is 1. The highest BCUT2D eigenvalue weighted by Gasteiger charge is 2.54. The molecule has 2 saturated heterocycles. The second-order valence-corrected chi connectivity index (χ2v) is 12.8. The number of fused-ring (bicyclic) bond motifs is 1. The van der Waals surface area contributed by atoms with Gasteiger partial charge in [-0.1, -0.05) is 76.3 Å². The zero-order valence-corrected chi connectivity index (χ0v) is 28.1. The van der Waals surface area contributed by atoms with Crippen molar-refractivity contribution >= 4 is 46.9 Å². The fourth-order valence-corrected chi connectivity index (χ4v) is 6.11. The molecular weight excluding hydrogens is 598 g/mol. The number of nitrogens with zero attached hydrogens (tertiary/aromatic N) is 2. The molecule has 2 unspecified atom stereocenters. The standard InChI is InChI=1S/C34H50ClN3O7/c1-5-7-8-9-10-11-12-13-14-17-22-44-32(42)24-19-20-25(35)26(23-24)36-30(40)28(29(39)34(3,4)45-6-2)38-31(41)27-18-15-16-21-37(27)33(38)43/h19-20,23,27-28H,5-18,21-22H2,1-4H3,(H,36,40). The van der Waals surface area contributed by atoms with Crippen molar-refractivity contribution in [3.05, 3.63) is 28.8 Å². The van der Waals surface area contributed by atoms with Gasteiger partial charge in [-0.2, -0.15) is 0 Å². The van der Waals surface area contributed by atoms with Crippen molar-refractivity contribution in [1.29, 1.82) is 0 Å². The van der Waals surface area contributed by atoms with Crippen LogP contribution in [0.2, 0.25) is 5.02 Å². The van der Waals surface area contributed by atoms with Gasteiger partial charge in [-0.3, -0.25) is 14.4 Å². The van der Waals surface area contributed by atoms with Crippen molar-refractivity contribution in [3.8, 4) is 0 Å². The zero-order chi connectivity index (χ0) is 33.0. The van der Waals surface area contributed by atoms with E-state index >= 15 is 0 Å². The number of halogens is 1. The van der Waals surface area contributed by atoms with Crippen LogP contribution in [0.25, 0.3) is 0 Å². The predicted octanol–water partition coefficient (Wildman–Crippen LogP) is 6.93. The molecule has 1 N–H and O–H groups in total. The van der Waals surface area contributed by atoms with Gasteiger partial charge in [0, 0.05) is 13.2 Å². The molecule has 2 atom stereocenters.